The van der Waals surface area contributed by atoms with Crippen molar-refractivity contribution in [3.8, 4) is 5.75 Å². The number of phenolic OH excluding ortho intramolecular Hbond substituents is 1. The van der Waals surface area contributed by atoms with E-state index in [0.29, 0.717) is 37.2 Å². The quantitative estimate of drug-likeness (QED) is 0.296. The number of aromatic hydroxyl groups is 1. The van der Waals surface area contributed by atoms with E-state index in [1.54, 1.807) is 24.4 Å². The molecule has 0 unspecified atom stereocenters. The van der Waals surface area contributed by atoms with E-state index in [1.807, 2.05) is 0 Å². The number of anilines is 1. The minimum absolute atomic E-state index is 0.0272. The third kappa shape index (κ3) is 2.27. The van der Waals surface area contributed by atoms with Gasteiger partial charge in [-0.15, -0.1) is 27.8 Å². The molecule has 0 amide bonds. The summed E-state index contributed by atoms with van der Waals surface area (Å²) >= 11 is 7.96. The number of fused-ring (bicyclic) bond motifs is 4. The number of nitrogen functional groups attached to an aromatic ring is 1. The predicted molar refractivity (Wildman–Crippen MR) is 109 cm³/mol. The monoisotopic (exact) mass is 411 g/mol. The zero-order valence-corrected chi connectivity index (χ0v) is 15.8. The van der Waals surface area contributed by atoms with Gasteiger partial charge >= 0.3 is 0 Å². The van der Waals surface area contributed by atoms with Gasteiger partial charge in [-0.25, -0.2) is 0 Å². The number of pyridine rings is 1. The summed E-state index contributed by atoms with van der Waals surface area (Å²) in [6.45, 7) is 0. The van der Waals surface area contributed by atoms with Gasteiger partial charge < -0.3 is 10.8 Å². The first kappa shape index (κ1) is 16.2. The maximum absolute atomic E-state index is 13.2. The Morgan fingerprint density at radius 2 is 2.11 bits per heavy atom. The molecule has 1 aromatic carbocycles. The number of nitrogens with zero attached hydrogens (tertiary/aromatic N) is 3. The van der Waals surface area contributed by atoms with Crippen LogP contribution in [0, 0.1) is 4.64 Å². The summed E-state index contributed by atoms with van der Waals surface area (Å²) in [5, 5.41) is 21.8. The molecule has 0 aliphatic carbocycles. The van der Waals surface area contributed by atoms with E-state index < -0.39 is 0 Å². The van der Waals surface area contributed by atoms with Gasteiger partial charge in [-0.3, -0.25) is 14.9 Å². The fraction of sp³-hybridized carbons (Fsp3) is 0. The van der Waals surface area contributed by atoms with Crippen LogP contribution in [-0.4, -0.2) is 31.3 Å². The van der Waals surface area contributed by atoms with Crippen molar-refractivity contribution in [2.24, 2.45) is 0 Å². The van der Waals surface area contributed by atoms with E-state index in [2.05, 4.69) is 20.4 Å². The molecule has 0 radical (unpaired) electrons. The molecule has 0 aliphatic heterocycles. The van der Waals surface area contributed by atoms with Crippen LogP contribution in [0.3, 0.4) is 0 Å². The Bertz CT molecular complexity index is 1450. The van der Waals surface area contributed by atoms with Gasteiger partial charge in [0.2, 0.25) is 5.78 Å². The average molecular weight is 411 g/mol. The van der Waals surface area contributed by atoms with Crippen molar-refractivity contribution < 1.29 is 9.90 Å². The highest BCUT2D eigenvalue weighted by molar-refractivity contribution is 7.72. The number of phenols is 1. The van der Waals surface area contributed by atoms with Gasteiger partial charge in [-0.05, 0) is 18.2 Å². The van der Waals surface area contributed by atoms with Crippen LogP contribution in [0.1, 0.15) is 15.2 Å². The van der Waals surface area contributed by atoms with E-state index in [4.69, 9.17) is 18.0 Å². The highest BCUT2D eigenvalue weighted by Gasteiger charge is 2.24. The van der Waals surface area contributed by atoms with Gasteiger partial charge in [0.1, 0.15) is 16.1 Å². The molecule has 0 bridgehead atoms. The molecule has 0 aliphatic rings. The van der Waals surface area contributed by atoms with Gasteiger partial charge in [-0.2, -0.15) is 0 Å². The molecule has 0 saturated heterocycles. The number of thiophene rings is 2. The van der Waals surface area contributed by atoms with E-state index in [1.165, 1.54) is 28.7 Å². The minimum Gasteiger partial charge on any atom is -0.506 e. The average Bonchev–Trinajstić information content (AvgIpc) is 3.20. The molecular formula is C17H9N5O2S3. The molecule has 132 valence electrons. The second-order valence-electron chi connectivity index (χ2n) is 5.79. The third-order valence-electron chi connectivity index (χ3n) is 4.28. The van der Waals surface area contributed by atoms with Crippen molar-refractivity contribution in [3.63, 3.8) is 0 Å². The Kier molecular flexibility index (Phi) is 3.47. The summed E-state index contributed by atoms with van der Waals surface area (Å²) in [6, 6.07) is 6.54. The van der Waals surface area contributed by atoms with Crippen LogP contribution in [0.2, 0.25) is 0 Å². The van der Waals surface area contributed by atoms with E-state index in [9.17, 15) is 9.90 Å². The fourth-order valence-corrected chi connectivity index (χ4v) is 5.78. The number of aromatic amines is 1. The lowest BCUT2D eigenvalue weighted by molar-refractivity contribution is 0.104. The Labute approximate surface area is 164 Å². The molecule has 7 nitrogen and oxygen atoms in total. The molecule has 4 N–H and O–H groups in total. The summed E-state index contributed by atoms with van der Waals surface area (Å²) in [5.74, 6) is -0.188. The first-order valence-electron chi connectivity index (χ1n) is 7.73. The zero-order chi connectivity index (χ0) is 18.7. The standard InChI is InChI=1S/C17H9N5O2S3/c18-10-9-12-15(16(25)21-22-20-12)27-17(9)26-14(10)13(24)7-3-4-8(23)11-6(7)2-1-5-19-11/h1-5,23H,18H2,(H,20,21,25). The number of carbonyl (C=O) groups excluding carboxylic acids is 1. The van der Waals surface area contributed by atoms with E-state index in [-0.39, 0.29) is 11.5 Å². The molecule has 27 heavy (non-hydrogen) atoms. The Morgan fingerprint density at radius 3 is 2.96 bits per heavy atom. The summed E-state index contributed by atoms with van der Waals surface area (Å²) in [5.41, 5.74) is 8.24. The third-order valence-corrected chi connectivity index (χ3v) is 7.19. The molecule has 10 heteroatoms. The lowest BCUT2D eigenvalue weighted by Gasteiger charge is -2.06. The Morgan fingerprint density at radius 1 is 1.26 bits per heavy atom. The molecule has 4 aromatic heterocycles. The first-order chi connectivity index (χ1) is 13.1. The molecule has 0 atom stereocenters. The van der Waals surface area contributed by atoms with Crippen LogP contribution in [-0.2, 0) is 0 Å². The number of carbonyl (C=O) groups is 1. The summed E-state index contributed by atoms with van der Waals surface area (Å²) in [4.78, 5) is 17.8. The van der Waals surface area contributed by atoms with E-state index in [0.717, 1.165) is 14.1 Å². The highest BCUT2D eigenvalue weighted by atomic mass is 32.2. The van der Waals surface area contributed by atoms with Crippen molar-refractivity contribution in [3.05, 3.63) is 45.5 Å². The molecule has 0 spiro atoms. The Hall–Kier alpha value is -2.95. The molecule has 4 heterocycles. The molecule has 5 aromatic rings. The van der Waals surface area contributed by atoms with Crippen molar-refractivity contribution in [2.75, 3.05) is 5.73 Å². The topological polar surface area (TPSA) is 118 Å². The number of rotatable bonds is 2. The van der Waals surface area contributed by atoms with Crippen molar-refractivity contribution in [1.29, 1.82) is 0 Å². The smallest absolute Gasteiger partial charge is 0.205 e. The van der Waals surface area contributed by atoms with Crippen LogP contribution in [0.5, 0.6) is 5.75 Å². The number of hydrogen-bond donors (Lipinski definition) is 3. The Balaban J connectivity index is 1.76. The van der Waals surface area contributed by atoms with Crippen LogP contribution < -0.4 is 5.73 Å². The molecule has 5 rings (SSSR count). The number of hydrogen-bond acceptors (Lipinski definition) is 9. The summed E-state index contributed by atoms with van der Waals surface area (Å²) in [6.07, 6.45) is 1.57. The van der Waals surface area contributed by atoms with Gasteiger partial charge in [0.25, 0.3) is 0 Å². The van der Waals surface area contributed by atoms with Crippen molar-refractivity contribution >= 4 is 76.9 Å². The largest absolute Gasteiger partial charge is 0.506 e. The lowest BCUT2D eigenvalue weighted by atomic mass is 10.0. The number of nitrogens with one attached hydrogen (secondary N) is 1. The fourth-order valence-electron chi connectivity index (χ4n) is 3.06. The van der Waals surface area contributed by atoms with Gasteiger partial charge in [-0.1, -0.05) is 23.5 Å². The number of H-pyrrole nitrogens is 1. The van der Waals surface area contributed by atoms with Gasteiger partial charge in [0.15, 0.2) is 4.64 Å². The summed E-state index contributed by atoms with van der Waals surface area (Å²) < 4.78 is 2.08. The molecular weight excluding hydrogens is 402 g/mol. The van der Waals surface area contributed by atoms with Crippen LogP contribution in [0.15, 0.2) is 30.5 Å². The van der Waals surface area contributed by atoms with Gasteiger partial charge in [0, 0.05) is 17.1 Å². The maximum Gasteiger partial charge on any atom is 0.205 e. The molecule has 0 fully saturated rings. The molecule has 0 saturated carbocycles. The first-order valence-corrected chi connectivity index (χ1v) is 9.77. The normalized spacial score (nSPS) is 11.6. The van der Waals surface area contributed by atoms with Crippen LogP contribution in [0.25, 0.3) is 30.5 Å². The van der Waals surface area contributed by atoms with Crippen molar-refractivity contribution in [2.45, 2.75) is 0 Å². The SMILES string of the molecule is Nc1c(C(=O)c2ccc(O)c3ncccc23)sc2sc3c(=S)nn[nH]c3c12. The lowest BCUT2D eigenvalue weighted by Crippen LogP contribution is -2.03. The number of ketones is 1. The maximum atomic E-state index is 13.2. The number of benzene rings is 1. The predicted octanol–water partition coefficient (Wildman–Crippen LogP) is 4.03. The number of nitrogens with two attached hydrogens (primary N) is 1. The van der Waals surface area contributed by atoms with Crippen LogP contribution in [0.4, 0.5) is 5.69 Å². The number of aromatic nitrogens is 4. The highest BCUT2D eigenvalue weighted by Crippen LogP contribution is 2.44. The zero-order valence-electron chi connectivity index (χ0n) is 13.4. The summed E-state index contributed by atoms with van der Waals surface area (Å²) in [7, 11) is 0. The second-order valence-corrected chi connectivity index (χ2v) is 8.48. The van der Waals surface area contributed by atoms with Crippen LogP contribution >= 0.6 is 34.9 Å². The van der Waals surface area contributed by atoms with Crippen molar-refractivity contribution in [1.82, 2.24) is 20.4 Å². The minimum atomic E-state index is -0.215. The van der Waals surface area contributed by atoms with E-state index >= 15 is 0 Å². The second kappa shape index (κ2) is 5.78. The van der Waals surface area contributed by atoms with Gasteiger partial charge in [0.05, 0.1) is 25.3 Å².